The molecule has 0 aliphatic carbocycles. The predicted molar refractivity (Wildman–Crippen MR) is 66.5 cm³/mol. The van der Waals surface area contributed by atoms with E-state index in [2.05, 4.69) is 31.1 Å². The number of alkyl carbamates (subject to hydrolysis) is 1. The molecule has 0 saturated carbocycles. The lowest BCUT2D eigenvalue weighted by atomic mass is 9.88. The van der Waals surface area contributed by atoms with Crippen molar-refractivity contribution in [3.63, 3.8) is 0 Å². The maximum Gasteiger partial charge on any atom is 0.407 e. The fourth-order valence-corrected chi connectivity index (χ4v) is 1.06. The summed E-state index contributed by atoms with van der Waals surface area (Å²) >= 11 is 0. The molecule has 1 amide bonds. The van der Waals surface area contributed by atoms with Crippen LogP contribution in [0.5, 0.6) is 0 Å². The molecule has 1 aromatic rings. The van der Waals surface area contributed by atoms with Gasteiger partial charge in [-0.1, -0.05) is 26.8 Å². The van der Waals surface area contributed by atoms with Gasteiger partial charge in [-0.15, -0.1) is 0 Å². The Morgan fingerprint density at radius 3 is 2.71 bits per heavy atom. The van der Waals surface area contributed by atoms with Crippen molar-refractivity contribution in [2.75, 3.05) is 0 Å². The number of carbonyl (C=O) groups excluding carboxylic acids is 1. The van der Waals surface area contributed by atoms with Crippen molar-refractivity contribution in [2.45, 2.75) is 40.3 Å². The van der Waals surface area contributed by atoms with Gasteiger partial charge in [0.1, 0.15) is 6.61 Å². The predicted octanol–water partition coefficient (Wildman–Crippen LogP) is 2.74. The highest BCUT2D eigenvalue weighted by molar-refractivity contribution is 5.67. The first kappa shape index (κ1) is 13.5. The zero-order chi connectivity index (χ0) is 12.9. The summed E-state index contributed by atoms with van der Waals surface area (Å²) in [5.74, 6) is 0. The topological polar surface area (TPSA) is 51.2 Å². The van der Waals surface area contributed by atoms with E-state index in [4.69, 9.17) is 4.74 Å². The fourth-order valence-electron chi connectivity index (χ4n) is 1.06. The highest BCUT2D eigenvalue weighted by Crippen LogP contribution is 2.18. The third-order valence-electron chi connectivity index (χ3n) is 2.71. The highest BCUT2D eigenvalue weighted by Gasteiger charge is 2.22. The molecule has 1 N–H and O–H groups in total. The third kappa shape index (κ3) is 4.85. The van der Waals surface area contributed by atoms with Crippen LogP contribution >= 0.6 is 0 Å². The lowest BCUT2D eigenvalue weighted by Gasteiger charge is -2.27. The molecule has 0 saturated heterocycles. The van der Waals surface area contributed by atoms with Gasteiger partial charge in [-0.2, -0.15) is 0 Å². The second-order valence-corrected chi connectivity index (χ2v) is 5.13. The molecule has 17 heavy (non-hydrogen) atoms. The molecule has 0 aliphatic heterocycles. The monoisotopic (exact) mass is 236 g/mol. The van der Waals surface area contributed by atoms with Crippen molar-refractivity contribution in [3.8, 4) is 0 Å². The van der Waals surface area contributed by atoms with Gasteiger partial charge in [0, 0.05) is 12.2 Å². The third-order valence-corrected chi connectivity index (χ3v) is 2.71. The summed E-state index contributed by atoms with van der Waals surface area (Å²) in [6.45, 7) is 8.36. The molecule has 0 aromatic carbocycles. The van der Waals surface area contributed by atoms with E-state index in [1.54, 1.807) is 6.20 Å². The van der Waals surface area contributed by atoms with Crippen molar-refractivity contribution in [3.05, 3.63) is 30.1 Å². The number of nitrogens with one attached hydrogen (secondary N) is 1. The normalized spacial score (nSPS) is 12.9. The lowest BCUT2D eigenvalue weighted by molar-refractivity contribution is 0.127. The first-order chi connectivity index (χ1) is 7.89. The number of hydrogen-bond donors (Lipinski definition) is 1. The van der Waals surface area contributed by atoms with Crippen molar-refractivity contribution >= 4 is 6.09 Å². The van der Waals surface area contributed by atoms with Gasteiger partial charge in [0.15, 0.2) is 0 Å². The minimum Gasteiger partial charge on any atom is -0.443 e. The second-order valence-electron chi connectivity index (χ2n) is 5.13. The molecule has 0 radical (unpaired) electrons. The molecular weight excluding hydrogens is 216 g/mol. The van der Waals surface area contributed by atoms with Crippen LogP contribution in [0.25, 0.3) is 0 Å². The largest absolute Gasteiger partial charge is 0.443 e. The Bertz CT molecular complexity index is 357. The fraction of sp³-hybridized carbons (Fsp3) is 0.538. The Kier molecular flexibility index (Phi) is 4.49. The standard InChI is InChI=1S/C13H20N2O2/c1-10(13(2,3)4)15-12(16)17-9-11-7-5-6-8-14-11/h5-8,10H,9H2,1-4H3,(H,15,16). The molecule has 1 unspecified atom stereocenters. The van der Waals surface area contributed by atoms with Crippen LogP contribution < -0.4 is 5.32 Å². The van der Waals surface area contributed by atoms with E-state index in [1.165, 1.54) is 0 Å². The van der Waals surface area contributed by atoms with Gasteiger partial charge >= 0.3 is 6.09 Å². The number of aromatic nitrogens is 1. The smallest absolute Gasteiger partial charge is 0.407 e. The van der Waals surface area contributed by atoms with Gasteiger partial charge < -0.3 is 10.1 Å². The molecular formula is C13H20N2O2. The van der Waals surface area contributed by atoms with Crippen LogP contribution in [0.2, 0.25) is 0 Å². The van der Waals surface area contributed by atoms with Crippen LogP contribution in [-0.4, -0.2) is 17.1 Å². The molecule has 0 bridgehead atoms. The lowest BCUT2D eigenvalue weighted by Crippen LogP contribution is -2.41. The van der Waals surface area contributed by atoms with Crippen LogP contribution in [-0.2, 0) is 11.3 Å². The van der Waals surface area contributed by atoms with Gasteiger partial charge in [0.25, 0.3) is 0 Å². The summed E-state index contributed by atoms with van der Waals surface area (Å²) in [5, 5.41) is 2.80. The maximum absolute atomic E-state index is 11.5. The number of hydrogen-bond acceptors (Lipinski definition) is 3. The molecule has 0 fully saturated rings. The maximum atomic E-state index is 11.5. The number of rotatable bonds is 3. The molecule has 0 spiro atoms. The van der Waals surface area contributed by atoms with Crippen LogP contribution in [0.1, 0.15) is 33.4 Å². The summed E-state index contributed by atoms with van der Waals surface area (Å²) in [6, 6.07) is 5.56. The van der Waals surface area contributed by atoms with Gasteiger partial charge in [-0.3, -0.25) is 4.98 Å². The highest BCUT2D eigenvalue weighted by atomic mass is 16.5. The molecule has 1 heterocycles. The zero-order valence-electron chi connectivity index (χ0n) is 10.9. The second kappa shape index (κ2) is 5.66. The Morgan fingerprint density at radius 1 is 1.47 bits per heavy atom. The molecule has 1 aromatic heterocycles. The average molecular weight is 236 g/mol. The average Bonchev–Trinajstić information content (AvgIpc) is 2.26. The van der Waals surface area contributed by atoms with E-state index in [0.29, 0.717) is 0 Å². The van der Waals surface area contributed by atoms with E-state index in [9.17, 15) is 4.79 Å². The summed E-state index contributed by atoms with van der Waals surface area (Å²) in [4.78, 5) is 15.6. The van der Waals surface area contributed by atoms with Crippen LogP contribution in [0, 0.1) is 5.41 Å². The SMILES string of the molecule is CC(NC(=O)OCc1ccccn1)C(C)(C)C. The minimum atomic E-state index is -0.405. The summed E-state index contributed by atoms with van der Waals surface area (Å²) < 4.78 is 5.08. The molecule has 1 atom stereocenters. The molecule has 0 aliphatic rings. The first-order valence-electron chi connectivity index (χ1n) is 5.73. The van der Waals surface area contributed by atoms with Crippen molar-refractivity contribution in [1.29, 1.82) is 0 Å². The summed E-state index contributed by atoms with van der Waals surface area (Å²) in [7, 11) is 0. The van der Waals surface area contributed by atoms with E-state index in [1.807, 2.05) is 25.1 Å². The zero-order valence-corrected chi connectivity index (χ0v) is 10.9. The van der Waals surface area contributed by atoms with Crippen molar-refractivity contribution < 1.29 is 9.53 Å². The van der Waals surface area contributed by atoms with Gasteiger partial charge in [-0.05, 0) is 24.5 Å². The molecule has 4 nitrogen and oxygen atoms in total. The van der Waals surface area contributed by atoms with Crippen LogP contribution in [0.4, 0.5) is 4.79 Å². The number of pyridine rings is 1. The van der Waals surface area contributed by atoms with Crippen LogP contribution in [0.15, 0.2) is 24.4 Å². The summed E-state index contributed by atoms with van der Waals surface area (Å²) in [6.07, 6.45) is 1.27. The van der Waals surface area contributed by atoms with E-state index in [0.717, 1.165) is 5.69 Å². The number of amides is 1. The quantitative estimate of drug-likeness (QED) is 0.878. The first-order valence-corrected chi connectivity index (χ1v) is 5.73. The van der Waals surface area contributed by atoms with Crippen molar-refractivity contribution in [2.24, 2.45) is 5.41 Å². The molecule has 4 heteroatoms. The summed E-state index contributed by atoms with van der Waals surface area (Å²) in [5.41, 5.74) is 0.760. The Hall–Kier alpha value is -1.58. The van der Waals surface area contributed by atoms with E-state index in [-0.39, 0.29) is 18.1 Å². The van der Waals surface area contributed by atoms with E-state index >= 15 is 0 Å². The van der Waals surface area contributed by atoms with E-state index < -0.39 is 6.09 Å². The number of ether oxygens (including phenoxy) is 1. The Balaban J connectivity index is 2.36. The van der Waals surface area contributed by atoms with Crippen LogP contribution in [0.3, 0.4) is 0 Å². The number of nitrogens with zero attached hydrogens (tertiary/aromatic N) is 1. The Labute approximate surface area is 102 Å². The van der Waals surface area contributed by atoms with Gasteiger partial charge in [0.05, 0.1) is 5.69 Å². The molecule has 1 rings (SSSR count). The van der Waals surface area contributed by atoms with Gasteiger partial charge in [0.2, 0.25) is 0 Å². The minimum absolute atomic E-state index is 0.0179. The Morgan fingerprint density at radius 2 is 2.18 bits per heavy atom. The van der Waals surface area contributed by atoms with Crippen molar-refractivity contribution in [1.82, 2.24) is 10.3 Å². The van der Waals surface area contributed by atoms with Gasteiger partial charge in [-0.25, -0.2) is 4.79 Å². The molecule has 94 valence electrons. The number of carbonyl (C=O) groups is 1.